The van der Waals surface area contributed by atoms with E-state index in [1.54, 1.807) is 6.07 Å². The molecule has 1 N–H and O–H groups in total. The van der Waals surface area contributed by atoms with Crippen molar-refractivity contribution in [2.24, 2.45) is 0 Å². The lowest BCUT2D eigenvalue weighted by atomic mass is 10.2. The molecule has 0 saturated heterocycles. The quantitative estimate of drug-likeness (QED) is 0.707. The molecule has 0 atom stereocenters. The summed E-state index contributed by atoms with van der Waals surface area (Å²) in [5.74, 6) is 0. The molecule has 142 valence electrons. The first kappa shape index (κ1) is 19.3. The summed E-state index contributed by atoms with van der Waals surface area (Å²) in [7, 11) is -3.58. The van der Waals surface area contributed by atoms with Crippen molar-refractivity contribution < 1.29 is 8.42 Å². The van der Waals surface area contributed by atoms with E-state index in [0.29, 0.717) is 11.4 Å². The number of nitrogens with one attached hydrogen (secondary N) is 1. The van der Waals surface area contributed by atoms with E-state index in [2.05, 4.69) is 22.0 Å². The Kier molecular flexibility index (Phi) is 5.48. The minimum absolute atomic E-state index is 0.224. The molecule has 1 heterocycles. The van der Waals surface area contributed by atoms with Crippen LogP contribution in [-0.4, -0.2) is 18.2 Å². The van der Waals surface area contributed by atoms with Crippen LogP contribution in [0.5, 0.6) is 0 Å². The first-order chi connectivity index (χ1) is 12.8. The summed E-state index contributed by atoms with van der Waals surface area (Å²) in [5, 5.41) is 4.59. The van der Waals surface area contributed by atoms with E-state index in [9.17, 15) is 8.42 Å². The summed E-state index contributed by atoms with van der Waals surface area (Å²) >= 11 is 0. The molecule has 0 unspecified atom stereocenters. The molecule has 2 aromatic carbocycles. The van der Waals surface area contributed by atoms with Crippen LogP contribution < -0.4 is 4.72 Å². The molecule has 3 aromatic rings. The van der Waals surface area contributed by atoms with Gasteiger partial charge in [0.15, 0.2) is 0 Å². The highest BCUT2D eigenvalue weighted by Crippen LogP contribution is 2.19. The lowest BCUT2D eigenvalue weighted by molar-refractivity contribution is 0.580. The maximum Gasteiger partial charge on any atom is 0.241 e. The number of rotatable bonds is 6. The molecule has 0 aliphatic heterocycles. The molecule has 0 aliphatic rings. The number of nitrogens with zero attached hydrogens (tertiary/aromatic N) is 2. The first-order valence-corrected chi connectivity index (χ1v) is 10.4. The van der Waals surface area contributed by atoms with Gasteiger partial charge in [-0.2, -0.15) is 5.10 Å². The largest absolute Gasteiger partial charge is 0.265 e. The van der Waals surface area contributed by atoms with Crippen LogP contribution >= 0.6 is 0 Å². The third-order valence-electron chi connectivity index (χ3n) is 4.77. The van der Waals surface area contributed by atoms with Gasteiger partial charge in [-0.3, -0.25) is 4.68 Å². The number of benzene rings is 2. The number of hydrogen-bond donors (Lipinski definition) is 1. The molecular formula is C21H25N3O2S. The second-order valence-electron chi connectivity index (χ2n) is 6.89. The van der Waals surface area contributed by atoms with E-state index in [1.165, 1.54) is 0 Å². The van der Waals surface area contributed by atoms with E-state index in [4.69, 9.17) is 0 Å². The predicted molar refractivity (Wildman–Crippen MR) is 107 cm³/mol. The lowest BCUT2D eigenvalue weighted by Gasteiger charge is -2.10. The molecule has 5 nitrogen and oxygen atoms in total. The number of hydrogen-bond acceptors (Lipinski definition) is 3. The fraction of sp³-hybridized carbons (Fsp3) is 0.286. The summed E-state index contributed by atoms with van der Waals surface area (Å²) in [6, 6.07) is 15.4. The van der Waals surface area contributed by atoms with Crippen LogP contribution in [0.2, 0.25) is 0 Å². The minimum atomic E-state index is -3.58. The zero-order chi connectivity index (χ0) is 19.6. The van der Waals surface area contributed by atoms with Crippen molar-refractivity contribution in [2.45, 2.75) is 45.7 Å². The monoisotopic (exact) mass is 383 g/mol. The summed E-state index contributed by atoms with van der Waals surface area (Å²) in [6.07, 6.45) is 0. The standard InChI is InChI=1S/C21H25N3O2S/c1-15-10-11-21(16(2)12-15)27(25,26)22-13-20-17(3)23-24(18(20)4)14-19-8-6-5-7-9-19/h5-12,22H,13-14H2,1-4H3. The van der Waals surface area contributed by atoms with Gasteiger partial charge in [0, 0.05) is 17.8 Å². The Morgan fingerprint density at radius 3 is 2.37 bits per heavy atom. The molecular weight excluding hydrogens is 358 g/mol. The molecule has 0 saturated carbocycles. The second kappa shape index (κ2) is 7.66. The zero-order valence-electron chi connectivity index (χ0n) is 16.2. The van der Waals surface area contributed by atoms with Gasteiger partial charge in [0.1, 0.15) is 0 Å². The normalized spacial score (nSPS) is 11.7. The fourth-order valence-electron chi connectivity index (χ4n) is 3.25. The number of sulfonamides is 1. The van der Waals surface area contributed by atoms with Crippen LogP contribution in [0.1, 0.15) is 33.6 Å². The summed E-state index contributed by atoms with van der Waals surface area (Å²) in [5.41, 5.74) is 5.67. The molecule has 0 fully saturated rings. The van der Waals surface area contributed by atoms with Gasteiger partial charge in [0.2, 0.25) is 10.0 Å². The highest BCUT2D eigenvalue weighted by Gasteiger charge is 2.19. The van der Waals surface area contributed by atoms with Crippen LogP contribution in [0.15, 0.2) is 53.4 Å². The van der Waals surface area contributed by atoms with Crippen LogP contribution in [-0.2, 0) is 23.1 Å². The van der Waals surface area contributed by atoms with Crippen molar-refractivity contribution in [3.63, 3.8) is 0 Å². The van der Waals surface area contributed by atoms with E-state index in [-0.39, 0.29) is 6.54 Å². The second-order valence-corrected chi connectivity index (χ2v) is 8.62. The van der Waals surface area contributed by atoms with Gasteiger partial charge in [-0.05, 0) is 44.9 Å². The van der Waals surface area contributed by atoms with Crippen molar-refractivity contribution in [1.29, 1.82) is 0 Å². The van der Waals surface area contributed by atoms with Crippen molar-refractivity contribution in [3.8, 4) is 0 Å². The Morgan fingerprint density at radius 2 is 1.70 bits per heavy atom. The third kappa shape index (κ3) is 4.28. The van der Waals surface area contributed by atoms with Gasteiger partial charge in [-0.15, -0.1) is 0 Å². The SMILES string of the molecule is Cc1ccc(S(=O)(=O)NCc2c(C)nn(Cc3ccccc3)c2C)c(C)c1. The van der Waals surface area contributed by atoms with Crippen LogP contribution in [0, 0.1) is 27.7 Å². The molecule has 0 radical (unpaired) electrons. The van der Waals surface area contributed by atoms with E-state index in [0.717, 1.165) is 33.6 Å². The molecule has 6 heteroatoms. The van der Waals surface area contributed by atoms with Crippen LogP contribution in [0.25, 0.3) is 0 Å². The van der Waals surface area contributed by atoms with Gasteiger partial charge in [-0.1, -0.05) is 48.0 Å². The highest BCUT2D eigenvalue weighted by atomic mass is 32.2. The van der Waals surface area contributed by atoms with E-state index in [1.807, 2.05) is 62.7 Å². The minimum Gasteiger partial charge on any atom is -0.265 e. The van der Waals surface area contributed by atoms with Crippen LogP contribution in [0.3, 0.4) is 0 Å². The first-order valence-electron chi connectivity index (χ1n) is 8.91. The van der Waals surface area contributed by atoms with E-state index < -0.39 is 10.0 Å². The third-order valence-corrected chi connectivity index (χ3v) is 6.33. The Labute approximate surface area is 161 Å². The number of aromatic nitrogens is 2. The zero-order valence-corrected chi connectivity index (χ0v) is 17.0. The van der Waals surface area contributed by atoms with E-state index >= 15 is 0 Å². The van der Waals surface area contributed by atoms with Gasteiger partial charge in [-0.25, -0.2) is 13.1 Å². The molecule has 0 amide bonds. The Morgan fingerprint density at radius 1 is 1.00 bits per heavy atom. The molecule has 0 bridgehead atoms. The average molecular weight is 384 g/mol. The lowest BCUT2D eigenvalue weighted by Crippen LogP contribution is -2.24. The highest BCUT2D eigenvalue weighted by molar-refractivity contribution is 7.89. The van der Waals surface area contributed by atoms with Crippen molar-refractivity contribution in [3.05, 3.63) is 82.2 Å². The van der Waals surface area contributed by atoms with Crippen molar-refractivity contribution in [1.82, 2.24) is 14.5 Å². The maximum atomic E-state index is 12.7. The van der Waals surface area contributed by atoms with Gasteiger partial charge in [0.25, 0.3) is 0 Å². The van der Waals surface area contributed by atoms with Gasteiger partial charge in [0.05, 0.1) is 17.1 Å². The molecule has 0 aliphatic carbocycles. The average Bonchev–Trinajstić information content (AvgIpc) is 2.87. The molecule has 3 rings (SSSR count). The number of aryl methyl sites for hydroxylation is 3. The molecule has 27 heavy (non-hydrogen) atoms. The summed E-state index contributed by atoms with van der Waals surface area (Å²) < 4.78 is 30.1. The topological polar surface area (TPSA) is 64.0 Å². The fourth-order valence-corrected chi connectivity index (χ4v) is 4.47. The Bertz CT molecular complexity index is 1050. The van der Waals surface area contributed by atoms with Gasteiger partial charge < -0.3 is 0 Å². The van der Waals surface area contributed by atoms with Crippen molar-refractivity contribution >= 4 is 10.0 Å². The predicted octanol–water partition coefficient (Wildman–Crippen LogP) is 3.64. The van der Waals surface area contributed by atoms with Crippen molar-refractivity contribution in [2.75, 3.05) is 0 Å². The smallest absolute Gasteiger partial charge is 0.241 e. The molecule has 0 spiro atoms. The maximum absolute atomic E-state index is 12.7. The Hall–Kier alpha value is -2.44. The van der Waals surface area contributed by atoms with Gasteiger partial charge >= 0.3 is 0 Å². The summed E-state index contributed by atoms with van der Waals surface area (Å²) in [6.45, 7) is 8.54. The Balaban J connectivity index is 1.80. The molecule has 1 aromatic heterocycles. The van der Waals surface area contributed by atoms with Crippen LogP contribution in [0.4, 0.5) is 0 Å². The summed E-state index contributed by atoms with van der Waals surface area (Å²) in [4.78, 5) is 0.320.